The highest BCUT2D eigenvalue weighted by Gasteiger charge is 2.33. The third-order valence-electron chi connectivity index (χ3n) is 1.73. The molecule has 1 unspecified atom stereocenters. The van der Waals surface area contributed by atoms with Crippen molar-refractivity contribution >= 4 is 13.3 Å². The summed E-state index contributed by atoms with van der Waals surface area (Å²) in [5.74, 6) is 0. The van der Waals surface area contributed by atoms with E-state index in [1.165, 1.54) is 14.2 Å². The van der Waals surface area contributed by atoms with Crippen LogP contribution in [0, 0.1) is 0 Å². The van der Waals surface area contributed by atoms with Crippen molar-refractivity contribution < 1.29 is 13.6 Å². The van der Waals surface area contributed by atoms with Crippen LogP contribution in [-0.2, 0) is 13.6 Å². The molecule has 0 bridgehead atoms. The molecule has 0 aromatic heterocycles. The molecule has 0 radical (unpaired) electrons. The quantitative estimate of drug-likeness (QED) is 0.608. The Morgan fingerprint density at radius 1 is 1.55 bits per heavy atom. The average molecular weight is 177 g/mol. The molecule has 0 fully saturated rings. The van der Waals surface area contributed by atoms with Crippen molar-refractivity contribution in [2.24, 2.45) is 4.99 Å². The number of hydrogen-bond acceptors (Lipinski definition) is 4. The molecule has 5 heteroatoms. The highest BCUT2D eigenvalue weighted by atomic mass is 31.2. The molecule has 11 heavy (non-hydrogen) atoms. The maximum atomic E-state index is 11.4. The third kappa shape index (κ3) is 2.12. The summed E-state index contributed by atoms with van der Waals surface area (Å²) in [6.45, 7) is 1.90. The average Bonchev–Trinajstić information content (AvgIpc) is 2.66. The van der Waals surface area contributed by atoms with Gasteiger partial charge in [-0.1, -0.05) is 0 Å². The fourth-order valence-corrected chi connectivity index (χ4v) is 2.03. The Morgan fingerprint density at radius 2 is 2.00 bits per heavy atom. The summed E-state index contributed by atoms with van der Waals surface area (Å²) in [6, 6.07) is 0.0979. The first-order valence-electron chi connectivity index (χ1n) is 3.36. The monoisotopic (exact) mass is 177 g/mol. The van der Waals surface area contributed by atoms with Gasteiger partial charge in [-0.15, -0.1) is 0 Å². The molecular formula is C6H12NO3P. The zero-order chi connectivity index (χ0) is 8.48. The fraction of sp³-hybridized carbons (Fsp3) is 0.833. The van der Waals surface area contributed by atoms with Gasteiger partial charge in [0, 0.05) is 19.9 Å². The van der Waals surface area contributed by atoms with Crippen molar-refractivity contribution in [2.45, 2.75) is 13.0 Å². The Morgan fingerprint density at radius 3 is 2.27 bits per heavy atom. The van der Waals surface area contributed by atoms with Crippen molar-refractivity contribution in [2.75, 3.05) is 20.4 Å². The van der Waals surface area contributed by atoms with Crippen LogP contribution in [0.5, 0.6) is 0 Å². The molecule has 0 saturated carbocycles. The predicted molar refractivity (Wildman–Crippen MR) is 43.4 cm³/mol. The van der Waals surface area contributed by atoms with Gasteiger partial charge in [0.15, 0.2) is 0 Å². The lowest BCUT2D eigenvalue weighted by Gasteiger charge is -2.11. The maximum Gasteiger partial charge on any atom is 0.332 e. The van der Waals surface area contributed by atoms with E-state index >= 15 is 0 Å². The minimum atomic E-state index is -2.83. The Hall–Kier alpha value is -0.180. The lowest BCUT2D eigenvalue weighted by Crippen LogP contribution is -2.04. The lowest BCUT2D eigenvalue weighted by atomic mass is 10.4. The topological polar surface area (TPSA) is 47.9 Å². The molecule has 1 aliphatic heterocycles. The highest BCUT2D eigenvalue weighted by molar-refractivity contribution is 7.53. The Labute approximate surface area is 66.1 Å². The normalized spacial score (nSPS) is 23.2. The number of aliphatic imine (C=N–C) groups is 1. The van der Waals surface area contributed by atoms with Crippen LogP contribution >= 0.6 is 7.60 Å². The van der Waals surface area contributed by atoms with Crippen LogP contribution in [0.1, 0.15) is 6.92 Å². The van der Waals surface area contributed by atoms with E-state index in [-0.39, 0.29) is 6.04 Å². The Bertz CT molecular complexity index is 218. The van der Waals surface area contributed by atoms with Gasteiger partial charge in [-0.25, -0.2) is 0 Å². The summed E-state index contributed by atoms with van der Waals surface area (Å²) in [4.78, 5) is 4.02. The smallest absolute Gasteiger partial charge is 0.312 e. The molecule has 0 spiro atoms. The molecule has 0 saturated heterocycles. The molecule has 64 valence electrons. The first-order valence-corrected chi connectivity index (χ1v) is 5.09. The molecule has 0 aliphatic carbocycles. The van der Waals surface area contributed by atoms with Crippen molar-refractivity contribution in [3.8, 4) is 0 Å². The standard InChI is InChI=1S/C6H12NO3P/c1-5-6(7-5)4-11(8,9-2)10-3/h6H,4H2,1-3H3. The third-order valence-corrected chi connectivity index (χ3v) is 3.63. The van der Waals surface area contributed by atoms with Crippen LogP contribution in [0.2, 0.25) is 0 Å². The molecule has 1 atom stereocenters. The van der Waals surface area contributed by atoms with Crippen LogP contribution in [0.25, 0.3) is 0 Å². The van der Waals surface area contributed by atoms with E-state index < -0.39 is 7.60 Å². The van der Waals surface area contributed by atoms with Crippen LogP contribution in [-0.4, -0.2) is 32.1 Å². The lowest BCUT2D eigenvalue weighted by molar-refractivity contribution is 0.276. The molecule has 0 aromatic rings. The van der Waals surface area contributed by atoms with Gasteiger partial charge in [0.2, 0.25) is 0 Å². The van der Waals surface area contributed by atoms with Crippen LogP contribution in [0.4, 0.5) is 0 Å². The van der Waals surface area contributed by atoms with E-state index in [4.69, 9.17) is 9.05 Å². The second-order valence-electron chi connectivity index (χ2n) is 2.44. The summed E-state index contributed by atoms with van der Waals surface area (Å²) in [5.41, 5.74) is 1.03. The Balaban J connectivity index is 2.40. The van der Waals surface area contributed by atoms with E-state index in [1.54, 1.807) is 0 Å². The van der Waals surface area contributed by atoms with Gasteiger partial charge in [0.05, 0.1) is 12.2 Å². The Kier molecular flexibility index (Phi) is 2.47. The van der Waals surface area contributed by atoms with E-state index in [0.29, 0.717) is 6.16 Å². The molecule has 1 heterocycles. The van der Waals surface area contributed by atoms with Gasteiger partial charge < -0.3 is 9.05 Å². The molecule has 0 N–H and O–H groups in total. The van der Waals surface area contributed by atoms with Gasteiger partial charge >= 0.3 is 7.60 Å². The summed E-state index contributed by atoms with van der Waals surface area (Å²) in [7, 11) is -0.0450. The highest BCUT2D eigenvalue weighted by Crippen LogP contribution is 2.48. The molecule has 1 rings (SSSR count). The van der Waals surface area contributed by atoms with Crippen molar-refractivity contribution in [1.82, 2.24) is 0 Å². The van der Waals surface area contributed by atoms with E-state index in [2.05, 4.69) is 4.99 Å². The summed E-state index contributed by atoms with van der Waals surface area (Å²) < 4.78 is 20.9. The number of nitrogens with zero attached hydrogens (tertiary/aromatic N) is 1. The second-order valence-corrected chi connectivity index (χ2v) is 4.76. The van der Waals surface area contributed by atoms with Crippen LogP contribution in [0.15, 0.2) is 4.99 Å². The number of rotatable bonds is 4. The molecule has 1 aliphatic rings. The summed E-state index contributed by atoms with van der Waals surface area (Å²) >= 11 is 0. The van der Waals surface area contributed by atoms with Crippen molar-refractivity contribution in [3.05, 3.63) is 0 Å². The van der Waals surface area contributed by atoms with Crippen molar-refractivity contribution in [3.63, 3.8) is 0 Å². The predicted octanol–water partition coefficient (Wildman–Crippen LogP) is 1.32. The zero-order valence-electron chi connectivity index (χ0n) is 6.90. The van der Waals surface area contributed by atoms with Crippen molar-refractivity contribution in [1.29, 1.82) is 0 Å². The zero-order valence-corrected chi connectivity index (χ0v) is 7.80. The molecular weight excluding hydrogens is 165 g/mol. The van der Waals surface area contributed by atoms with Gasteiger partial charge in [-0.05, 0) is 6.92 Å². The van der Waals surface area contributed by atoms with E-state index in [1.807, 2.05) is 6.92 Å². The van der Waals surface area contributed by atoms with Gasteiger partial charge in [0.1, 0.15) is 0 Å². The SMILES string of the molecule is COP(=O)(CC1N=C1C)OC. The number of hydrogen-bond donors (Lipinski definition) is 0. The van der Waals surface area contributed by atoms with Gasteiger partial charge in [-0.3, -0.25) is 9.56 Å². The minimum absolute atomic E-state index is 0.0979. The van der Waals surface area contributed by atoms with E-state index in [9.17, 15) is 4.57 Å². The first kappa shape index (κ1) is 8.91. The maximum absolute atomic E-state index is 11.4. The fourth-order valence-electron chi connectivity index (χ4n) is 0.817. The largest absolute Gasteiger partial charge is 0.332 e. The van der Waals surface area contributed by atoms with Gasteiger partial charge in [0.25, 0.3) is 0 Å². The summed E-state index contributed by atoms with van der Waals surface area (Å²) in [5, 5.41) is 0. The second kappa shape index (κ2) is 3.05. The van der Waals surface area contributed by atoms with Crippen LogP contribution < -0.4 is 0 Å². The molecule has 0 aromatic carbocycles. The van der Waals surface area contributed by atoms with Crippen LogP contribution in [0.3, 0.4) is 0 Å². The minimum Gasteiger partial charge on any atom is -0.312 e. The van der Waals surface area contributed by atoms with Gasteiger partial charge in [-0.2, -0.15) is 0 Å². The summed E-state index contributed by atoms with van der Waals surface area (Å²) in [6.07, 6.45) is 0.381. The van der Waals surface area contributed by atoms with E-state index in [0.717, 1.165) is 5.71 Å². The molecule has 0 amide bonds. The molecule has 4 nitrogen and oxygen atoms in total. The first-order chi connectivity index (χ1) is 5.11.